The van der Waals surface area contributed by atoms with E-state index in [2.05, 4.69) is 4.98 Å². The molecule has 0 aliphatic rings. The van der Waals surface area contributed by atoms with E-state index in [0.717, 1.165) is 0 Å². The monoisotopic (exact) mass is 185 g/mol. The van der Waals surface area contributed by atoms with Gasteiger partial charge in [0.1, 0.15) is 5.82 Å². The van der Waals surface area contributed by atoms with Gasteiger partial charge >= 0.3 is 0 Å². The molecule has 0 amide bonds. The molecule has 0 saturated carbocycles. The minimum Gasteiger partial charge on any atom is -0.383 e. The van der Waals surface area contributed by atoms with Crippen molar-refractivity contribution >= 4 is 17.6 Å². The summed E-state index contributed by atoms with van der Waals surface area (Å²) in [5.74, 6) is 0.322. The molecular formula is C7H11N3OS. The molecule has 0 radical (unpaired) electrons. The van der Waals surface area contributed by atoms with Crippen LogP contribution in [-0.2, 0) is 7.05 Å². The maximum atomic E-state index is 11.4. The van der Waals surface area contributed by atoms with Crippen molar-refractivity contribution in [2.75, 3.05) is 12.0 Å². The lowest BCUT2D eigenvalue weighted by Gasteiger charge is -2.06. The molecular weight excluding hydrogens is 174 g/mol. The molecule has 0 aliphatic heterocycles. The lowest BCUT2D eigenvalue weighted by Crippen LogP contribution is -2.23. The summed E-state index contributed by atoms with van der Waals surface area (Å²) in [6.45, 7) is 1.68. The van der Waals surface area contributed by atoms with E-state index in [1.54, 1.807) is 14.0 Å². The highest BCUT2D eigenvalue weighted by atomic mass is 32.2. The predicted octanol–water partition coefficient (Wildman–Crippen LogP) is 0.393. The first-order valence-electron chi connectivity index (χ1n) is 3.45. The van der Waals surface area contributed by atoms with Gasteiger partial charge in [-0.25, -0.2) is 4.98 Å². The predicted molar refractivity (Wildman–Crippen MR) is 50.4 cm³/mol. The summed E-state index contributed by atoms with van der Waals surface area (Å²) in [6.07, 6.45) is 1.86. The first kappa shape index (κ1) is 9.12. The number of thioether (sulfide) groups is 1. The second-order valence-corrected chi connectivity index (χ2v) is 3.25. The number of hydrogen-bond acceptors (Lipinski definition) is 4. The fourth-order valence-electron chi connectivity index (χ4n) is 0.892. The van der Waals surface area contributed by atoms with Crippen molar-refractivity contribution in [2.45, 2.75) is 12.1 Å². The Labute approximate surface area is 74.8 Å². The summed E-state index contributed by atoms with van der Waals surface area (Å²) >= 11 is 1.40. The van der Waals surface area contributed by atoms with Gasteiger partial charge in [0, 0.05) is 7.05 Å². The molecule has 0 aromatic carbocycles. The molecule has 0 saturated heterocycles. The first-order chi connectivity index (χ1) is 5.57. The molecule has 12 heavy (non-hydrogen) atoms. The molecule has 0 atom stereocenters. The third kappa shape index (κ3) is 1.32. The van der Waals surface area contributed by atoms with Crippen molar-refractivity contribution < 1.29 is 0 Å². The van der Waals surface area contributed by atoms with E-state index >= 15 is 0 Å². The molecule has 0 bridgehead atoms. The quantitative estimate of drug-likeness (QED) is 0.508. The van der Waals surface area contributed by atoms with E-state index in [0.29, 0.717) is 16.5 Å². The molecule has 1 aromatic rings. The Hall–Kier alpha value is -0.970. The summed E-state index contributed by atoms with van der Waals surface area (Å²) in [5, 5.41) is 0.642. The van der Waals surface area contributed by atoms with E-state index in [1.165, 1.54) is 16.3 Å². The Kier molecular flexibility index (Phi) is 2.42. The van der Waals surface area contributed by atoms with E-state index in [4.69, 9.17) is 5.73 Å². The Morgan fingerprint density at radius 3 is 2.67 bits per heavy atom. The van der Waals surface area contributed by atoms with Gasteiger partial charge in [-0.05, 0) is 13.2 Å². The zero-order valence-electron chi connectivity index (χ0n) is 7.29. The van der Waals surface area contributed by atoms with Crippen LogP contribution in [0.4, 0.5) is 5.82 Å². The number of anilines is 1. The Morgan fingerprint density at radius 2 is 2.17 bits per heavy atom. The highest BCUT2D eigenvalue weighted by Crippen LogP contribution is 2.11. The largest absolute Gasteiger partial charge is 0.383 e. The SMILES string of the molecule is CSc1nc(N)c(C)c(=O)n1C. The van der Waals surface area contributed by atoms with E-state index < -0.39 is 0 Å². The lowest BCUT2D eigenvalue weighted by molar-refractivity contribution is 0.705. The fourth-order valence-corrected chi connectivity index (χ4v) is 1.44. The van der Waals surface area contributed by atoms with Gasteiger partial charge in [-0.15, -0.1) is 0 Å². The molecule has 0 aliphatic carbocycles. The second-order valence-electron chi connectivity index (χ2n) is 2.47. The third-order valence-corrected chi connectivity index (χ3v) is 2.43. The number of rotatable bonds is 1. The van der Waals surface area contributed by atoms with Gasteiger partial charge in [0.25, 0.3) is 5.56 Å². The normalized spacial score (nSPS) is 10.2. The zero-order chi connectivity index (χ0) is 9.30. The van der Waals surface area contributed by atoms with Crippen LogP contribution < -0.4 is 11.3 Å². The van der Waals surface area contributed by atoms with Crippen LogP contribution in [0.15, 0.2) is 9.95 Å². The minimum atomic E-state index is -0.0770. The summed E-state index contributed by atoms with van der Waals surface area (Å²) in [7, 11) is 1.69. The highest BCUT2D eigenvalue weighted by Gasteiger charge is 2.06. The maximum Gasteiger partial charge on any atom is 0.258 e. The van der Waals surface area contributed by atoms with Crippen LogP contribution in [0, 0.1) is 6.92 Å². The van der Waals surface area contributed by atoms with E-state index in [-0.39, 0.29) is 5.56 Å². The molecule has 5 heteroatoms. The Balaban J connectivity index is 3.50. The zero-order valence-corrected chi connectivity index (χ0v) is 8.10. The maximum absolute atomic E-state index is 11.4. The van der Waals surface area contributed by atoms with Gasteiger partial charge < -0.3 is 5.73 Å². The average molecular weight is 185 g/mol. The van der Waals surface area contributed by atoms with Crippen molar-refractivity contribution in [3.63, 3.8) is 0 Å². The van der Waals surface area contributed by atoms with Gasteiger partial charge in [0.15, 0.2) is 5.16 Å². The van der Waals surface area contributed by atoms with Crippen molar-refractivity contribution in [3.8, 4) is 0 Å². The van der Waals surface area contributed by atoms with Gasteiger partial charge in [-0.3, -0.25) is 9.36 Å². The molecule has 0 unspecified atom stereocenters. The molecule has 1 aromatic heterocycles. The number of nitrogen functional groups attached to an aromatic ring is 1. The molecule has 1 rings (SSSR count). The lowest BCUT2D eigenvalue weighted by atomic mass is 10.3. The number of nitrogens with zero attached hydrogens (tertiary/aromatic N) is 2. The van der Waals surface area contributed by atoms with Crippen molar-refractivity contribution in [2.24, 2.45) is 7.05 Å². The van der Waals surface area contributed by atoms with E-state index in [9.17, 15) is 4.79 Å². The average Bonchev–Trinajstić information content (AvgIpc) is 2.08. The van der Waals surface area contributed by atoms with Gasteiger partial charge in [-0.1, -0.05) is 11.8 Å². The fraction of sp³-hybridized carbons (Fsp3) is 0.429. The van der Waals surface area contributed by atoms with E-state index in [1.807, 2.05) is 6.26 Å². The van der Waals surface area contributed by atoms with Crippen LogP contribution in [0.5, 0.6) is 0 Å². The van der Waals surface area contributed by atoms with Gasteiger partial charge in [0.2, 0.25) is 0 Å². The van der Waals surface area contributed by atoms with Crippen LogP contribution in [-0.4, -0.2) is 15.8 Å². The molecule has 2 N–H and O–H groups in total. The topological polar surface area (TPSA) is 60.9 Å². The highest BCUT2D eigenvalue weighted by molar-refractivity contribution is 7.98. The molecule has 66 valence electrons. The minimum absolute atomic E-state index is 0.0770. The second kappa shape index (κ2) is 3.18. The summed E-state index contributed by atoms with van der Waals surface area (Å²) in [6, 6.07) is 0. The molecule has 0 spiro atoms. The molecule has 4 nitrogen and oxygen atoms in total. The van der Waals surface area contributed by atoms with Crippen LogP contribution in [0.25, 0.3) is 0 Å². The van der Waals surface area contributed by atoms with Gasteiger partial charge in [-0.2, -0.15) is 0 Å². The Morgan fingerprint density at radius 1 is 1.58 bits per heavy atom. The summed E-state index contributed by atoms with van der Waals surface area (Å²) in [5.41, 5.74) is 5.96. The van der Waals surface area contributed by atoms with Crippen molar-refractivity contribution in [1.29, 1.82) is 0 Å². The van der Waals surface area contributed by atoms with Crippen molar-refractivity contribution in [3.05, 3.63) is 15.9 Å². The summed E-state index contributed by atoms with van der Waals surface area (Å²) < 4.78 is 1.50. The van der Waals surface area contributed by atoms with Crippen LogP contribution in [0.2, 0.25) is 0 Å². The number of hydrogen-bond donors (Lipinski definition) is 1. The van der Waals surface area contributed by atoms with Crippen LogP contribution in [0.3, 0.4) is 0 Å². The molecule has 0 fully saturated rings. The molecule has 1 heterocycles. The van der Waals surface area contributed by atoms with Crippen LogP contribution >= 0.6 is 11.8 Å². The Bertz CT molecular complexity index is 358. The van der Waals surface area contributed by atoms with Gasteiger partial charge in [0.05, 0.1) is 5.56 Å². The smallest absolute Gasteiger partial charge is 0.258 e. The van der Waals surface area contributed by atoms with Crippen molar-refractivity contribution in [1.82, 2.24) is 9.55 Å². The third-order valence-electron chi connectivity index (χ3n) is 1.70. The summed E-state index contributed by atoms with van der Waals surface area (Å²) in [4.78, 5) is 15.5. The standard InChI is InChI=1S/C7H11N3OS/c1-4-5(8)9-7(12-3)10(2)6(4)11/h8H2,1-3H3. The number of nitrogens with two attached hydrogens (primary N) is 1. The number of aromatic nitrogens is 2. The van der Waals surface area contributed by atoms with Crippen LogP contribution in [0.1, 0.15) is 5.56 Å². The first-order valence-corrected chi connectivity index (χ1v) is 4.67.